The lowest BCUT2D eigenvalue weighted by Gasteiger charge is -1.92. The summed E-state index contributed by atoms with van der Waals surface area (Å²) in [6, 6.07) is 0. The van der Waals surface area contributed by atoms with E-state index in [0.717, 1.165) is 11.5 Å². The normalized spacial score (nSPS) is 16.3. The number of nitrogens with zero attached hydrogens (tertiary/aromatic N) is 1. The van der Waals surface area contributed by atoms with Crippen LogP contribution in [0, 0.1) is 3.95 Å². The first kappa shape index (κ1) is 9.32. The summed E-state index contributed by atoms with van der Waals surface area (Å²) in [5.74, 6) is 0.814. The summed E-state index contributed by atoms with van der Waals surface area (Å²) in [6.45, 7) is 0. The number of nitrogens with one attached hydrogen (secondary N) is 1. The number of H-pyrrole nitrogens is 1. The minimum atomic E-state index is 0.0963. The van der Waals surface area contributed by atoms with Crippen LogP contribution in [0.1, 0.15) is 4.88 Å². The van der Waals surface area contributed by atoms with Crippen molar-refractivity contribution in [2.75, 3.05) is 5.75 Å². The Morgan fingerprint density at radius 1 is 1.46 bits per heavy atom. The molecule has 1 aromatic rings. The monoisotopic (exact) mass is 248 g/mol. The van der Waals surface area contributed by atoms with Crippen LogP contribution in [0.3, 0.4) is 0 Å². The molecule has 3 nitrogen and oxygen atoms in total. The van der Waals surface area contributed by atoms with Gasteiger partial charge in [0.15, 0.2) is 8.27 Å². The van der Waals surface area contributed by atoms with E-state index in [1.807, 2.05) is 0 Å². The van der Waals surface area contributed by atoms with Gasteiger partial charge in [-0.05, 0) is 12.2 Å². The van der Waals surface area contributed by atoms with Gasteiger partial charge in [0.05, 0.1) is 5.71 Å². The molecule has 13 heavy (non-hydrogen) atoms. The van der Waals surface area contributed by atoms with E-state index in [4.69, 9.17) is 24.4 Å². The van der Waals surface area contributed by atoms with Crippen LogP contribution in [-0.4, -0.2) is 25.9 Å². The molecule has 2 N–H and O–H groups in total. The van der Waals surface area contributed by atoms with Crippen molar-refractivity contribution in [2.24, 2.45) is 4.99 Å². The van der Waals surface area contributed by atoms with Crippen molar-refractivity contribution in [3.05, 3.63) is 8.83 Å². The van der Waals surface area contributed by atoms with Crippen LogP contribution in [0.25, 0.3) is 0 Å². The number of thioether (sulfide) groups is 1. The lowest BCUT2D eigenvalue weighted by atomic mass is 10.3. The molecule has 0 amide bonds. The molecule has 0 spiro atoms. The van der Waals surface area contributed by atoms with Crippen LogP contribution in [0.2, 0.25) is 0 Å². The first-order chi connectivity index (χ1) is 6.16. The summed E-state index contributed by atoms with van der Waals surface area (Å²) >= 11 is 12.6. The predicted octanol–water partition coefficient (Wildman–Crippen LogP) is 2.33. The van der Waals surface area contributed by atoms with Crippen LogP contribution in [0.5, 0.6) is 5.88 Å². The first-order valence-corrected chi connectivity index (χ1v) is 5.95. The van der Waals surface area contributed by atoms with E-state index in [1.165, 1.54) is 23.1 Å². The third-order valence-electron chi connectivity index (χ3n) is 1.45. The second-order valence-corrected chi connectivity index (χ2v) is 5.60. The lowest BCUT2D eigenvalue weighted by Crippen LogP contribution is -1.96. The van der Waals surface area contributed by atoms with E-state index >= 15 is 0 Å². The smallest absolute Gasteiger partial charge is 0.209 e. The van der Waals surface area contributed by atoms with Gasteiger partial charge in [-0.1, -0.05) is 35.3 Å². The van der Waals surface area contributed by atoms with Crippen molar-refractivity contribution in [3.8, 4) is 5.88 Å². The van der Waals surface area contributed by atoms with E-state index in [2.05, 4.69) is 9.98 Å². The molecular formula is C6H4N2OS4. The van der Waals surface area contributed by atoms with Gasteiger partial charge >= 0.3 is 0 Å². The molecule has 0 bridgehead atoms. The van der Waals surface area contributed by atoms with Crippen molar-refractivity contribution in [1.82, 2.24) is 4.98 Å². The predicted molar refractivity (Wildman–Crippen MR) is 62.8 cm³/mol. The van der Waals surface area contributed by atoms with Crippen molar-refractivity contribution in [1.29, 1.82) is 0 Å². The molecule has 0 unspecified atom stereocenters. The standard InChI is InChI=1S/C6H4N2OS4/c9-4-3(13-6(11)8-4)2-1-12-5(10)7-2/h9H,1H2,(H,8,11). The molecule has 2 heterocycles. The van der Waals surface area contributed by atoms with Gasteiger partial charge in [0.25, 0.3) is 0 Å². The fourth-order valence-electron chi connectivity index (χ4n) is 0.937. The summed E-state index contributed by atoms with van der Waals surface area (Å²) in [5.41, 5.74) is 0.810. The second-order valence-electron chi connectivity index (χ2n) is 2.31. The minimum Gasteiger partial charge on any atom is -0.493 e. The van der Waals surface area contributed by atoms with Gasteiger partial charge in [-0.3, -0.25) is 0 Å². The quantitative estimate of drug-likeness (QED) is 0.749. The fourth-order valence-corrected chi connectivity index (χ4v) is 3.02. The largest absolute Gasteiger partial charge is 0.493 e. The summed E-state index contributed by atoms with van der Waals surface area (Å²) < 4.78 is 1.17. The van der Waals surface area contributed by atoms with Crippen molar-refractivity contribution >= 4 is 57.6 Å². The number of aromatic hydroxyl groups is 1. The van der Waals surface area contributed by atoms with Gasteiger partial charge in [-0.2, -0.15) is 0 Å². The Bertz CT molecular complexity index is 444. The fraction of sp³-hybridized carbons (Fsp3) is 0.167. The van der Waals surface area contributed by atoms with Crippen LogP contribution in [0.4, 0.5) is 0 Å². The molecular weight excluding hydrogens is 244 g/mol. The average molecular weight is 248 g/mol. The number of hydrogen-bond acceptors (Lipinski definition) is 5. The number of aromatic amines is 1. The average Bonchev–Trinajstić information content (AvgIpc) is 2.58. The Morgan fingerprint density at radius 2 is 2.23 bits per heavy atom. The summed E-state index contributed by atoms with van der Waals surface area (Å²) in [5, 5.41) is 9.43. The third-order valence-corrected chi connectivity index (χ3v) is 3.92. The van der Waals surface area contributed by atoms with E-state index in [1.54, 1.807) is 0 Å². The van der Waals surface area contributed by atoms with Gasteiger partial charge in [0, 0.05) is 5.75 Å². The Labute approximate surface area is 92.9 Å². The second kappa shape index (κ2) is 3.49. The maximum atomic E-state index is 9.43. The summed E-state index contributed by atoms with van der Waals surface area (Å²) in [4.78, 5) is 7.49. The van der Waals surface area contributed by atoms with E-state index < -0.39 is 0 Å². The number of aliphatic imine (C=N–C) groups is 1. The topological polar surface area (TPSA) is 48.4 Å². The SMILES string of the molecule is Oc1[nH]c(=S)sc1C1=NC(=S)SC1. The molecule has 1 aromatic heterocycles. The van der Waals surface area contributed by atoms with Crippen molar-refractivity contribution in [3.63, 3.8) is 0 Å². The molecule has 0 radical (unpaired) electrons. The Morgan fingerprint density at radius 3 is 2.69 bits per heavy atom. The molecule has 0 aromatic carbocycles. The lowest BCUT2D eigenvalue weighted by molar-refractivity contribution is 0.456. The van der Waals surface area contributed by atoms with Gasteiger partial charge in [-0.15, -0.1) is 0 Å². The Hall–Kier alpha value is -0.240. The molecule has 1 aliphatic rings. The van der Waals surface area contributed by atoms with Gasteiger partial charge in [-0.25, -0.2) is 4.99 Å². The van der Waals surface area contributed by atoms with Crippen LogP contribution in [-0.2, 0) is 0 Å². The number of hydrogen-bond donors (Lipinski definition) is 2. The van der Waals surface area contributed by atoms with Crippen LogP contribution in [0.15, 0.2) is 4.99 Å². The minimum absolute atomic E-state index is 0.0963. The molecule has 2 rings (SSSR count). The zero-order valence-corrected chi connectivity index (χ0v) is 9.50. The van der Waals surface area contributed by atoms with Crippen LogP contribution >= 0.6 is 47.5 Å². The zero-order valence-electron chi connectivity index (χ0n) is 6.23. The number of thiazole rings is 1. The van der Waals surface area contributed by atoms with Gasteiger partial charge < -0.3 is 10.1 Å². The molecule has 7 heteroatoms. The van der Waals surface area contributed by atoms with Crippen molar-refractivity contribution < 1.29 is 5.11 Å². The number of thiocarbonyl (C=S) groups is 1. The van der Waals surface area contributed by atoms with E-state index in [0.29, 0.717) is 13.2 Å². The molecule has 68 valence electrons. The van der Waals surface area contributed by atoms with E-state index in [9.17, 15) is 5.11 Å². The number of rotatable bonds is 1. The van der Waals surface area contributed by atoms with Crippen LogP contribution < -0.4 is 0 Å². The highest BCUT2D eigenvalue weighted by Crippen LogP contribution is 2.27. The van der Waals surface area contributed by atoms with Crippen molar-refractivity contribution in [2.45, 2.75) is 0 Å². The number of aromatic nitrogens is 1. The zero-order chi connectivity index (χ0) is 9.42. The Balaban J connectivity index is 2.46. The Kier molecular flexibility index (Phi) is 2.50. The highest BCUT2D eigenvalue weighted by atomic mass is 32.2. The maximum absolute atomic E-state index is 9.43. The summed E-state index contributed by atoms with van der Waals surface area (Å²) in [7, 11) is 0. The highest BCUT2D eigenvalue weighted by Gasteiger charge is 2.18. The third kappa shape index (κ3) is 1.83. The van der Waals surface area contributed by atoms with Gasteiger partial charge in [0.2, 0.25) is 5.88 Å². The molecule has 0 aliphatic carbocycles. The molecule has 0 saturated carbocycles. The molecule has 0 fully saturated rings. The molecule has 1 aliphatic heterocycles. The first-order valence-electron chi connectivity index (χ1n) is 3.33. The highest BCUT2D eigenvalue weighted by molar-refractivity contribution is 8.23. The summed E-state index contributed by atoms with van der Waals surface area (Å²) in [6.07, 6.45) is 0. The molecule has 0 atom stereocenters. The molecule has 0 saturated heterocycles. The van der Waals surface area contributed by atoms with Gasteiger partial charge in [0.1, 0.15) is 4.88 Å². The van der Waals surface area contributed by atoms with E-state index in [-0.39, 0.29) is 5.88 Å². The maximum Gasteiger partial charge on any atom is 0.209 e.